The van der Waals surface area contributed by atoms with Crippen LogP contribution in [0.25, 0.3) is 0 Å². The van der Waals surface area contributed by atoms with Crippen LogP contribution >= 0.6 is 12.3 Å². The Bertz CT molecular complexity index is 665. The fourth-order valence-corrected chi connectivity index (χ4v) is 3.84. The van der Waals surface area contributed by atoms with E-state index in [0.717, 1.165) is 4.90 Å². The molecule has 3 aliphatic heterocycles. The summed E-state index contributed by atoms with van der Waals surface area (Å²) < 4.78 is 13.8. The number of amides is 1. The summed E-state index contributed by atoms with van der Waals surface area (Å²) in [5.74, 6) is -3.54. The Hall–Kier alpha value is -2.12. The van der Waals surface area contributed by atoms with Crippen molar-refractivity contribution >= 4 is 30.3 Å². The normalized spacial score (nSPS) is 34.0. The first kappa shape index (κ1) is 19.6. The number of aliphatic imine (C=N–C) groups is 1. The Morgan fingerprint density at radius 2 is 2.22 bits per heavy atom. The van der Waals surface area contributed by atoms with Gasteiger partial charge in [-0.2, -0.15) is 0 Å². The number of aliphatic hydroxyl groups is 2. The molecule has 2 saturated heterocycles. The van der Waals surface area contributed by atoms with E-state index in [1.807, 2.05) is 0 Å². The van der Waals surface area contributed by atoms with E-state index in [2.05, 4.69) is 24.4 Å². The molecule has 17 heteroatoms. The predicted octanol–water partition coefficient (Wildman–Crippen LogP) is -3.56. The van der Waals surface area contributed by atoms with Gasteiger partial charge in [-0.3, -0.25) is 14.8 Å². The highest BCUT2D eigenvalue weighted by atomic mass is 32.2. The minimum atomic E-state index is -2.74. The van der Waals surface area contributed by atoms with Gasteiger partial charge in [0.25, 0.3) is 0 Å². The Morgan fingerprint density at radius 3 is 2.85 bits per heavy atom. The van der Waals surface area contributed by atoms with E-state index in [9.17, 15) is 20.2 Å². The molecule has 10 N–H and O–H groups in total. The fraction of sp³-hybridized carbons (Fsp3) is 0.700. The van der Waals surface area contributed by atoms with Gasteiger partial charge in [-0.05, 0) is 0 Å². The van der Waals surface area contributed by atoms with E-state index in [0.29, 0.717) is 5.06 Å². The lowest BCUT2D eigenvalue weighted by Gasteiger charge is -2.52. The molecule has 0 aliphatic carbocycles. The minimum Gasteiger partial charge on any atom is -0.447 e. The molecular formula is C10H17N7O9S. The van der Waals surface area contributed by atoms with Crippen molar-refractivity contribution in [1.29, 1.82) is 5.41 Å². The van der Waals surface area contributed by atoms with Gasteiger partial charge >= 0.3 is 6.09 Å². The van der Waals surface area contributed by atoms with Crippen LogP contribution in [-0.2, 0) is 18.3 Å². The van der Waals surface area contributed by atoms with Crippen molar-refractivity contribution in [3.63, 3.8) is 0 Å². The zero-order valence-corrected chi connectivity index (χ0v) is 14.2. The van der Waals surface area contributed by atoms with Crippen LogP contribution in [0.2, 0.25) is 0 Å². The molecule has 0 radical (unpaired) electrons. The molecule has 0 aromatic heterocycles. The fourth-order valence-electron chi connectivity index (χ4n) is 3.50. The van der Waals surface area contributed by atoms with Crippen molar-refractivity contribution in [3.8, 4) is 0 Å². The number of primary amides is 1. The van der Waals surface area contributed by atoms with Crippen molar-refractivity contribution in [2.45, 2.75) is 29.6 Å². The number of nitrogens with zero attached hydrogens (tertiary/aromatic N) is 3. The van der Waals surface area contributed by atoms with E-state index in [1.165, 1.54) is 0 Å². The average Bonchev–Trinajstić information content (AvgIpc) is 3.04. The van der Waals surface area contributed by atoms with Crippen LogP contribution in [0.1, 0.15) is 0 Å². The monoisotopic (exact) mass is 411 g/mol. The van der Waals surface area contributed by atoms with Crippen LogP contribution < -0.4 is 16.8 Å². The quantitative estimate of drug-likeness (QED) is 0.0693. The summed E-state index contributed by atoms with van der Waals surface area (Å²) in [5, 5.41) is 54.6. The molecule has 4 atom stereocenters. The Kier molecular flexibility index (Phi) is 4.94. The molecule has 27 heavy (non-hydrogen) atoms. The van der Waals surface area contributed by atoms with Crippen LogP contribution in [0.5, 0.6) is 0 Å². The maximum atomic E-state index is 10.9. The average molecular weight is 411 g/mol. The number of nitrogens with two attached hydrogens (primary N) is 2. The van der Waals surface area contributed by atoms with Crippen LogP contribution in [0.3, 0.4) is 0 Å². The maximum absolute atomic E-state index is 10.9. The molecule has 3 aliphatic rings. The van der Waals surface area contributed by atoms with Crippen molar-refractivity contribution in [2.24, 2.45) is 16.5 Å². The second-order valence-corrected chi connectivity index (χ2v) is 6.31. The molecule has 1 amide bonds. The third-order valence-corrected chi connectivity index (χ3v) is 5.00. The molecule has 1 spiro atoms. The summed E-state index contributed by atoms with van der Waals surface area (Å²) in [6.45, 7) is -0.856. The number of nitrogens with one attached hydrogen (secondary N) is 2. The van der Waals surface area contributed by atoms with Gasteiger partial charge in [-0.25, -0.2) is 20.1 Å². The number of hydroxylamine groups is 2. The molecule has 3 rings (SSSR count). The molecule has 0 saturated carbocycles. The number of carbonyl (C=O) groups excluding carboxylic acids is 1. The summed E-state index contributed by atoms with van der Waals surface area (Å²) in [5.41, 5.74) is 8.70. The molecule has 0 bridgehead atoms. The molecule has 3 heterocycles. The third-order valence-electron chi connectivity index (χ3n) is 4.57. The summed E-state index contributed by atoms with van der Waals surface area (Å²) >= 11 is 0.0991. The van der Waals surface area contributed by atoms with Crippen molar-refractivity contribution < 1.29 is 43.8 Å². The lowest BCUT2D eigenvalue weighted by molar-refractivity contribution is -0.434. The molecule has 2 fully saturated rings. The van der Waals surface area contributed by atoms with Crippen molar-refractivity contribution in [2.75, 3.05) is 13.2 Å². The second kappa shape index (κ2) is 6.80. The van der Waals surface area contributed by atoms with Gasteiger partial charge in [-0.15, -0.1) is 4.33 Å². The van der Waals surface area contributed by atoms with Gasteiger partial charge in [0.2, 0.25) is 11.7 Å². The van der Waals surface area contributed by atoms with Gasteiger partial charge in [0.1, 0.15) is 18.7 Å². The number of carbonyl (C=O) groups is 1. The lowest BCUT2D eigenvalue weighted by Crippen LogP contribution is -2.80. The van der Waals surface area contributed by atoms with Crippen molar-refractivity contribution in [3.05, 3.63) is 0 Å². The van der Waals surface area contributed by atoms with Crippen LogP contribution in [-0.4, -0.2) is 91.4 Å². The van der Waals surface area contributed by atoms with Gasteiger partial charge in [-0.1, -0.05) is 5.04 Å². The van der Waals surface area contributed by atoms with E-state index in [1.54, 1.807) is 0 Å². The van der Waals surface area contributed by atoms with E-state index >= 15 is 0 Å². The summed E-state index contributed by atoms with van der Waals surface area (Å²) in [4.78, 5) is 16.0. The number of hydrogen-bond donors (Lipinski definition) is 8. The molecule has 16 nitrogen and oxygen atoms in total. The molecule has 152 valence electrons. The Labute approximate surface area is 154 Å². The van der Waals surface area contributed by atoms with Crippen molar-refractivity contribution in [1.82, 2.24) is 15.3 Å². The smallest absolute Gasteiger partial charge is 0.404 e. The van der Waals surface area contributed by atoms with Gasteiger partial charge in [0.05, 0.1) is 6.54 Å². The summed E-state index contributed by atoms with van der Waals surface area (Å²) in [6, 6.07) is -2.45. The first-order chi connectivity index (χ1) is 12.7. The van der Waals surface area contributed by atoms with E-state index in [-0.39, 0.29) is 24.8 Å². The van der Waals surface area contributed by atoms with Crippen LogP contribution in [0.4, 0.5) is 4.79 Å². The highest BCUT2D eigenvalue weighted by Gasteiger charge is 2.75. The zero-order valence-electron chi connectivity index (χ0n) is 13.4. The van der Waals surface area contributed by atoms with Crippen LogP contribution in [0.15, 0.2) is 4.99 Å². The third kappa shape index (κ3) is 2.80. The maximum Gasteiger partial charge on any atom is 0.404 e. The number of rotatable bonds is 6. The SMILES string of the molecule is N=C1N(O)[C@@H](COC(N)=O)[C@@H]2N=C(N)NC23N1C[C@H](OSOOO)C3(O)O. The van der Waals surface area contributed by atoms with Crippen LogP contribution in [0, 0.1) is 5.41 Å². The first-order valence-electron chi connectivity index (χ1n) is 7.29. The van der Waals surface area contributed by atoms with E-state index in [4.69, 9.17) is 26.3 Å². The first-order valence-corrected chi connectivity index (χ1v) is 7.96. The highest BCUT2D eigenvalue weighted by Crippen LogP contribution is 2.47. The Morgan fingerprint density at radius 1 is 1.52 bits per heavy atom. The van der Waals surface area contributed by atoms with Gasteiger partial charge in [0, 0.05) is 0 Å². The number of hydrogen-bond acceptors (Lipinski definition) is 14. The second-order valence-electron chi connectivity index (χ2n) is 5.85. The standard InChI is InChI=1S/C10H17N7O9S/c11-6-14-5-3(2-23-8(13)18)17(21)7(12)16-1-4(24-27-26-25-22)10(19,20)9(5,16)15-6/h3-5,12,19-22H,1-2H2,(H2,13,18)(H3,11,14,15)/t3-,4-,5-,9?/m0/s1. The molecule has 0 aromatic carbocycles. The highest BCUT2D eigenvalue weighted by molar-refractivity contribution is 7.89. The number of ether oxygens (including phenoxy) is 1. The van der Waals surface area contributed by atoms with Gasteiger partial charge < -0.3 is 36.6 Å². The molecular weight excluding hydrogens is 394 g/mol. The lowest BCUT2D eigenvalue weighted by atomic mass is 9.85. The minimum absolute atomic E-state index is 0.0991. The number of guanidine groups is 2. The zero-order chi connectivity index (χ0) is 20.0. The predicted molar refractivity (Wildman–Crippen MR) is 83.1 cm³/mol. The van der Waals surface area contributed by atoms with E-state index < -0.39 is 48.3 Å². The summed E-state index contributed by atoms with van der Waals surface area (Å²) in [6.07, 6.45) is -2.59. The van der Waals surface area contributed by atoms with Gasteiger partial charge in [0.15, 0.2) is 30.1 Å². The topological polar surface area (TPSA) is 242 Å². The summed E-state index contributed by atoms with van der Waals surface area (Å²) in [7, 11) is 0. The molecule has 0 aromatic rings. The molecule has 1 unspecified atom stereocenters. The largest absolute Gasteiger partial charge is 0.447 e. The Balaban J connectivity index is 1.97.